The van der Waals surface area contributed by atoms with Gasteiger partial charge in [-0.05, 0) is 41.6 Å². The molecule has 5 heteroatoms. The van der Waals surface area contributed by atoms with Crippen LogP contribution in [0, 0.1) is 0 Å². The number of aromatic amines is 1. The number of aromatic nitrogens is 1. The molecular formula is C16H15NO3S. The number of carbonyl (C=O) groups is 1. The van der Waals surface area contributed by atoms with Crippen LogP contribution < -0.4 is 4.74 Å². The quantitative estimate of drug-likeness (QED) is 0.750. The Kier molecular flexibility index (Phi) is 3.66. The van der Waals surface area contributed by atoms with E-state index in [0.29, 0.717) is 6.42 Å². The van der Waals surface area contributed by atoms with Crippen molar-refractivity contribution in [2.45, 2.75) is 12.8 Å². The summed E-state index contributed by atoms with van der Waals surface area (Å²) in [6.45, 7) is 0. The van der Waals surface area contributed by atoms with Gasteiger partial charge in [-0.2, -0.15) is 0 Å². The molecule has 0 atom stereocenters. The summed E-state index contributed by atoms with van der Waals surface area (Å²) in [7, 11) is 1.63. The van der Waals surface area contributed by atoms with Crippen LogP contribution >= 0.6 is 11.3 Å². The molecule has 108 valence electrons. The standard InChI is InChI=1S/C16H15NO3S/c1-20-10-4-6-13-12(9-10)11(5-7-15(18)19)16(17-13)14-3-2-8-21-14/h2-4,6,8-9,17H,5,7H2,1H3,(H,18,19). The van der Waals surface area contributed by atoms with Crippen LogP contribution in [-0.4, -0.2) is 23.2 Å². The molecule has 4 nitrogen and oxygen atoms in total. The van der Waals surface area contributed by atoms with Crippen LogP contribution in [0.4, 0.5) is 0 Å². The molecule has 3 aromatic rings. The molecule has 3 rings (SSSR count). The number of hydrogen-bond donors (Lipinski definition) is 2. The first-order valence-electron chi connectivity index (χ1n) is 6.63. The summed E-state index contributed by atoms with van der Waals surface area (Å²) >= 11 is 1.64. The molecule has 2 aromatic heterocycles. The molecule has 1 aromatic carbocycles. The highest BCUT2D eigenvalue weighted by molar-refractivity contribution is 7.13. The van der Waals surface area contributed by atoms with E-state index in [1.165, 1.54) is 0 Å². The van der Waals surface area contributed by atoms with Crippen LogP contribution in [0.25, 0.3) is 21.5 Å². The number of carboxylic acid groups (broad SMARTS) is 1. The number of thiophene rings is 1. The zero-order valence-electron chi connectivity index (χ0n) is 11.6. The maximum Gasteiger partial charge on any atom is 0.303 e. The lowest BCUT2D eigenvalue weighted by molar-refractivity contribution is -0.136. The monoisotopic (exact) mass is 301 g/mol. The molecule has 0 radical (unpaired) electrons. The summed E-state index contributed by atoms with van der Waals surface area (Å²) in [4.78, 5) is 15.4. The Morgan fingerprint density at radius 2 is 2.24 bits per heavy atom. The van der Waals surface area contributed by atoms with Gasteiger partial charge in [0.15, 0.2) is 0 Å². The van der Waals surface area contributed by atoms with Crippen LogP contribution in [0.1, 0.15) is 12.0 Å². The molecular weight excluding hydrogens is 286 g/mol. The molecule has 0 saturated carbocycles. The molecule has 0 amide bonds. The van der Waals surface area contributed by atoms with Gasteiger partial charge in [-0.15, -0.1) is 11.3 Å². The second kappa shape index (κ2) is 5.61. The molecule has 0 bridgehead atoms. The molecule has 0 aliphatic rings. The summed E-state index contributed by atoms with van der Waals surface area (Å²) < 4.78 is 5.28. The van der Waals surface area contributed by atoms with E-state index in [2.05, 4.69) is 4.98 Å². The minimum Gasteiger partial charge on any atom is -0.497 e. The van der Waals surface area contributed by atoms with Gasteiger partial charge in [0, 0.05) is 17.3 Å². The van der Waals surface area contributed by atoms with Crippen LogP contribution in [0.3, 0.4) is 0 Å². The van der Waals surface area contributed by atoms with Crippen molar-refractivity contribution in [3.63, 3.8) is 0 Å². The predicted octanol–water partition coefficient (Wildman–Crippen LogP) is 3.92. The topological polar surface area (TPSA) is 62.3 Å². The average Bonchev–Trinajstić information content (AvgIpc) is 3.11. The van der Waals surface area contributed by atoms with Gasteiger partial charge in [0.2, 0.25) is 0 Å². The van der Waals surface area contributed by atoms with E-state index >= 15 is 0 Å². The van der Waals surface area contributed by atoms with E-state index in [1.807, 2.05) is 35.7 Å². The minimum atomic E-state index is -0.788. The number of aryl methyl sites for hydroxylation is 1. The number of hydrogen-bond acceptors (Lipinski definition) is 3. The highest BCUT2D eigenvalue weighted by Gasteiger charge is 2.15. The second-order valence-corrected chi connectivity index (χ2v) is 5.71. The first kappa shape index (κ1) is 13.7. The fraction of sp³-hybridized carbons (Fsp3) is 0.188. The van der Waals surface area contributed by atoms with Gasteiger partial charge < -0.3 is 14.8 Å². The highest BCUT2D eigenvalue weighted by Crippen LogP contribution is 2.35. The van der Waals surface area contributed by atoms with Crippen LogP contribution in [0.2, 0.25) is 0 Å². The number of benzene rings is 1. The maximum absolute atomic E-state index is 10.9. The Balaban J connectivity index is 2.16. The van der Waals surface area contributed by atoms with Crippen molar-refractivity contribution in [1.29, 1.82) is 0 Å². The van der Waals surface area contributed by atoms with E-state index in [-0.39, 0.29) is 6.42 Å². The SMILES string of the molecule is COc1ccc2[nH]c(-c3cccs3)c(CCC(=O)O)c2c1. The maximum atomic E-state index is 10.9. The molecule has 21 heavy (non-hydrogen) atoms. The average molecular weight is 301 g/mol. The lowest BCUT2D eigenvalue weighted by atomic mass is 10.0. The molecule has 0 aliphatic carbocycles. The van der Waals surface area contributed by atoms with Gasteiger partial charge in [0.05, 0.1) is 17.7 Å². The van der Waals surface area contributed by atoms with Crippen molar-refractivity contribution < 1.29 is 14.6 Å². The predicted molar refractivity (Wildman–Crippen MR) is 84.1 cm³/mol. The van der Waals surface area contributed by atoms with E-state index in [4.69, 9.17) is 9.84 Å². The summed E-state index contributed by atoms with van der Waals surface area (Å²) in [6.07, 6.45) is 0.609. The zero-order valence-corrected chi connectivity index (χ0v) is 12.4. The molecule has 2 N–H and O–H groups in total. The van der Waals surface area contributed by atoms with Gasteiger partial charge in [-0.1, -0.05) is 6.07 Å². The molecule has 0 saturated heterocycles. The largest absolute Gasteiger partial charge is 0.497 e. The number of ether oxygens (including phenoxy) is 1. The summed E-state index contributed by atoms with van der Waals surface area (Å²) in [6, 6.07) is 9.86. The normalized spacial score (nSPS) is 10.9. The van der Waals surface area contributed by atoms with Crippen LogP contribution in [0.5, 0.6) is 5.75 Å². The number of methoxy groups -OCH3 is 1. The fourth-order valence-corrected chi connectivity index (χ4v) is 3.23. The van der Waals surface area contributed by atoms with Crippen LogP contribution in [-0.2, 0) is 11.2 Å². The van der Waals surface area contributed by atoms with E-state index < -0.39 is 5.97 Å². The Morgan fingerprint density at radius 3 is 2.90 bits per heavy atom. The number of nitrogens with one attached hydrogen (secondary N) is 1. The van der Waals surface area contributed by atoms with Crippen molar-refractivity contribution >= 4 is 28.2 Å². The van der Waals surface area contributed by atoms with Gasteiger partial charge in [-0.25, -0.2) is 0 Å². The molecule has 2 heterocycles. The minimum absolute atomic E-state index is 0.114. The summed E-state index contributed by atoms with van der Waals surface area (Å²) in [5.74, 6) is -0.0137. The molecule has 0 fully saturated rings. The van der Waals surface area contributed by atoms with E-state index in [1.54, 1.807) is 18.4 Å². The molecule has 0 aliphatic heterocycles. The Bertz CT molecular complexity index is 774. The number of H-pyrrole nitrogens is 1. The zero-order chi connectivity index (χ0) is 14.8. The van der Waals surface area contributed by atoms with Gasteiger partial charge in [0.1, 0.15) is 5.75 Å². The number of fused-ring (bicyclic) bond motifs is 1. The number of aliphatic carboxylic acids is 1. The third-order valence-electron chi connectivity index (χ3n) is 3.47. The molecule has 0 unspecified atom stereocenters. The van der Waals surface area contributed by atoms with Gasteiger partial charge >= 0.3 is 5.97 Å². The fourth-order valence-electron chi connectivity index (χ4n) is 2.48. The van der Waals surface area contributed by atoms with Gasteiger partial charge in [-0.3, -0.25) is 4.79 Å². The smallest absolute Gasteiger partial charge is 0.303 e. The van der Waals surface area contributed by atoms with E-state index in [9.17, 15) is 4.79 Å². The number of carboxylic acids is 1. The Hall–Kier alpha value is -2.27. The highest BCUT2D eigenvalue weighted by atomic mass is 32.1. The number of rotatable bonds is 5. The van der Waals surface area contributed by atoms with Crippen molar-refractivity contribution in [2.24, 2.45) is 0 Å². The van der Waals surface area contributed by atoms with Crippen molar-refractivity contribution in [1.82, 2.24) is 4.98 Å². The lowest BCUT2D eigenvalue weighted by Gasteiger charge is -2.03. The third kappa shape index (κ3) is 2.64. The van der Waals surface area contributed by atoms with E-state index in [0.717, 1.165) is 32.8 Å². The Labute approximate surface area is 126 Å². The lowest BCUT2D eigenvalue weighted by Crippen LogP contribution is -1.98. The first-order valence-corrected chi connectivity index (χ1v) is 7.51. The van der Waals surface area contributed by atoms with Crippen molar-refractivity contribution in [3.8, 4) is 16.3 Å². The second-order valence-electron chi connectivity index (χ2n) is 4.76. The van der Waals surface area contributed by atoms with Crippen LogP contribution in [0.15, 0.2) is 35.7 Å². The first-order chi connectivity index (χ1) is 10.2. The van der Waals surface area contributed by atoms with Gasteiger partial charge in [0.25, 0.3) is 0 Å². The molecule has 0 spiro atoms. The van der Waals surface area contributed by atoms with Crippen molar-refractivity contribution in [3.05, 3.63) is 41.3 Å². The van der Waals surface area contributed by atoms with Crippen molar-refractivity contribution in [2.75, 3.05) is 7.11 Å². The Morgan fingerprint density at radius 1 is 1.38 bits per heavy atom. The summed E-state index contributed by atoms with van der Waals surface area (Å²) in [5.41, 5.74) is 3.04. The summed E-state index contributed by atoms with van der Waals surface area (Å²) in [5, 5.41) is 12.0. The third-order valence-corrected chi connectivity index (χ3v) is 4.36.